The molecule has 0 atom stereocenters. The third-order valence-electron chi connectivity index (χ3n) is 2.85. The fourth-order valence-electron chi connectivity index (χ4n) is 1.94. The van der Waals surface area contributed by atoms with Crippen molar-refractivity contribution in [1.29, 1.82) is 0 Å². The number of anilines is 1. The van der Waals surface area contributed by atoms with Crippen LogP contribution in [-0.4, -0.2) is 14.5 Å². The maximum atomic E-state index is 5.28. The van der Waals surface area contributed by atoms with Crippen LogP contribution in [0.15, 0.2) is 48.9 Å². The smallest absolute Gasteiger partial charge is 0.139 e. The van der Waals surface area contributed by atoms with E-state index in [-0.39, 0.29) is 0 Å². The van der Waals surface area contributed by atoms with Crippen LogP contribution in [0.1, 0.15) is 5.56 Å². The topological polar surface area (TPSA) is 68.8 Å². The maximum Gasteiger partial charge on any atom is 0.139 e. The summed E-state index contributed by atoms with van der Waals surface area (Å²) in [5, 5.41) is 0. The van der Waals surface area contributed by atoms with Crippen LogP contribution >= 0.6 is 0 Å². The first-order chi connectivity index (χ1) is 8.86. The summed E-state index contributed by atoms with van der Waals surface area (Å²) in [7, 11) is 0. The van der Waals surface area contributed by atoms with Crippen molar-refractivity contribution in [2.24, 2.45) is 5.84 Å². The molecule has 0 unspecified atom stereocenters. The van der Waals surface area contributed by atoms with Crippen LogP contribution in [0.25, 0.3) is 11.0 Å². The van der Waals surface area contributed by atoms with Crippen LogP contribution in [0.5, 0.6) is 0 Å². The lowest BCUT2D eigenvalue weighted by Crippen LogP contribution is -2.08. The number of nitrogens with zero attached hydrogens (tertiary/aromatic N) is 3. The summed E-state index contributed by atoms with van der Waals surface area (Å²) in [6, 6.07) is 11.9. The Morgan fingerprint density at radius 1 is 1.11 bits per heavy atom. The number of hydrogen-bond donors (Lipinski definition) is 2. The van der Waals surface area contributed by atoms with E-state index in [0.717, 1.165) is 23.1 Å². The van der Waals surface area contributed by atoms with Crippen molar-refractivity contribution in [3.63, 3.8) is 0 Å². The van der Waals surface area contributed by atoms with Gasteiger partial charge >= 0.3 is 0 Å². The molecule has 5 heteroatoms. The summed E-state index contributed by atoms with van der Waals surface area (Å²) in [6.45, 7) is 0.748. The number of imidazole rings is 1. The summed E-state index contributed by atoms with van der Waals surface area (Å²) in [4.78, 5) is 8.55. The summed E-state index contributed by atoms with van der Waals surface area (Å²) < 4.78 is 2.10. The highest BCUT2D eigenvalue weighted by molar-refractivity contribution is 5.75. The number of rotatable bonds is 3. The molecule has 0 spiro atoms. The highest BCUT2D eigenvalue weighted by Gasteiger charge is 2.02. The van der Waals surface area contributed by atoms with Gasteiger partial charge in [0.2, 0.25) is 0 Å². The second-order valence-electron chi connectivity index (χ2n) is 4.06. The van der Waals surface area contributed by atoms with Crippen LogP contribution < -0.4 is 11.3 Å². The van der Waals surface area contributed by atoms with Crippen LogP contribution in [0.4, 0.5) is 5.82 Å². The predicted octanol–water partition coefficient (Wildman–Crippen LogP) is 1.77. The van der Waals surface area contributed by atoms with Gasteiger partial charge < -0.3 is 9.99 Å². The van der Waals surface area contributed by atoms with Crippen molar-refractivity contribution in [3.05, 3.63) is 54.5 Å². The molecule has 0 aliphatic heterocycles. The number of benzene rings is 1. The Bertz CT molecular complexity index is 656. The largest absolute Gasteiger partial charge is 0.326 e. The molecule has 3 aromatic rings. The average Bonchev–Trinajstić information content (AvgIpc) is 2.83. The van der Waals surface area contributed by atoms with Crippen molar-refractivity contribution in [3.8, 4) is 0 Å². The fraction of sp³-hybridized carbons (Fsp3) is 0.0769. The third kappa shape index (κ3) is 1.91. The minimum absolute atomic E-state index is 0.661. The summed E-state index contributed by atoms with van der Waals surface area (Å²) in [5.74, 6) is 5.94. The van der Waals surface area contributed by atoms with Crippen LogP contribution in [0.3, 0.4) is 0 Å². The van der Waals surface area contributed by atoms with Crippen molar-refractivity contribution in [2.45, 2.75) is 6.54 Å². The van der Waals surface area contributed by atoms with Crippen molar-refractivity contribution in [1.82, 2.24) is 14.5 Å². The van der Waals surface area contributed by atoms with Gasteiger partial charge in [-0.2, -0.15) is 0 Å². The fourth-order valence-corrected chi connectivity index (χ4v) is 1.94. The van der Waals surface area contributed by atoms with Gasteiger partial charge in [0, 0.05) is 6.20 Å². The van der Waals surface area contributed by atoms with Gasteiger partial charge in [0.15, 0.2) is 0 Å². The molecule has 2 heterocycles. The molecule has 0 aliphatic rings. The number of hydrazine groups is 1. The molecule has 0 saturated heterocycles. The lowest BCUT2D eigenvalue weighted by Gasteiger charge is -2.05. The Hall–Kier alpha value is -2.40. The average molecular weight is 239 g/mol. The summed E-state index contributed by atoms with van der Waals surface area (Å²) in [6.07, 6.45) is 3.66. The van der Waals surface area contributed by atoms with Crippen molar-refractivity contribution < 1.29 is 0 Å². The number of para-hydroxylation sites is 2. The van der Waals surface area contributed by atoms with Crippen LogP contribution in [0, 0.1) is 0 Å². The molecule has 3 N–H and O–H groups in total. The lowest BCUT2D eigenvalue weighted by molar-refractivity contribution is 0.820. The molecule has 90 valence electrons. The molecule has 0 fully saturated rings. The number of nitrogen functional groups attached to an aromatic ring is 1. The molecule has 0 saturated carbocycles. The van der Waals surface area contributed by atoms with E-state index >= 15 is 0 Å². The Kier molecular flexibility index (Phi) is 2.66. The first-order valence-corrected chi connectivity index (χ1v) is 5.68. The van der Waals surface area contributed by atoms with Gasteiger partial charge in [-0.3, -0.25) is 0 Å². The second kappa shape index (κ2) is 4.46. The van der Waals surface area contributed by atoms with Gasteiger partial charge in [-0.15, -0.1) is 0 Å². The monoisotopic (exact) mass is 239 g/mol. The number of hydrogen-bond acceptors (Lipinski definition) is 4. The predicted molar refractivity (Wildman–Crippen MR) is 70.9 cm³/mol. The molecule has 5 nitrogen and oxygen atoms in total. The molecular formula is C13H13N5. The Morgan fingerprint density at radius 2 is 2.00 bits per heavy atom. The van der Waals surface area contributed by atoms with E-state index in [4.69, 9.17) is 5.84 Å². The quantitative estimate of drug-likeness (QED) is 0.540. The standard InChI is InChI=1S/C13H13N5/c14-17-13-6-5-10(7-15-13)8-18-9-16-11-3-1-2-4-12(11)18/h1-7,9H,8,14H2,(H,15,17). The molecule has 18 heavy (non-hydrogen) atoms. The number of fused-ring (bicyclic) bond motifs is 1. The Morgan fingerprint density at radius 3 is 2.78 bits per heavy atom. The van der Waals surface area contributed by atoms with E-state index in [1.165, 1.54) is 0 Å². The Labute approximate surface area is 104 Å². The van der Waals surface area contributed by atoms with Crippen molar-refractivity contribution >= 4 is 16.9 Å². The first kappa shape index (κ1) is 10.7. The summed E-state index contributed by atoms with van der Waals surface area (Å²) in [5.41, 5.74) is 5.75. The van der Waals surface area contributed by atoms with E-state index in [9.17, 15) is 0 Å². The van der Waals surface area contributed by atoms with Gasteiger partial charge in [0.25, 0.3) is 0 Å². The zero-order valence-corrected chi connectivity index (χ0v) is 9.74. The molecule has 0 aliphatic carbocycles. The Balaban J connectivity index is 1.91. The SMILES string of the molecule is NNc1ccc(Cn2cnc3ccccc32)cn1. The van der Waals surface area contributed by atoms with Gasteiger partial charge in [-0.1, -0.05) is 18.2 Å². The number of aromatic nitrogens is 3. The number of nitrogens with one attached hydrogen (secondary N) is 1. The van der Waals surface area contributed by atoms with Crippen molar-refractivity contribution in [2.75, 3.05) is 5.43 Å². The minimum atomic E-state index is 0.661. The lowest BCUT2D eigenvalue weighted by atomic mass is 10.2. The number of nitrogens with two attached hydrogens (primary N) is 1. The molecule has 2 aromatic heterocycles. The summed E-state index contributed by atoms with van der Waals surface area (Å²) >= 11 is 0. The molecule has 3 rings (SSSR count). The normalized spacial score (nSPS) is 10.7. The van der Waals surface area contributed by atoms with E-state index in [0.29, 0.717) is 5.82 Å². The molecule has 0 bridgehead atoms. The van der Waals surface area contributed by atoms with E-state index in [1.807, 2.05) is 42.9 Å². The zero-order chi connectivity index (χ0) is 12.4. The van der Waals surface area contributed by atoms with E-state index in [1.54, 1.807) is 0 Å². The van der Waals surface area contributed by atoms with Gasteiger partial charge in [0.05, 0.1) is 23.9 Å². The second-order valence-corrected chi connectivity index (χ2v) is 4.06. The van der Waals surface area contributed by atoms with Gasteiger partial charge in [-0.25, -0.2) is 15.8 Å². The van der Waals surface area contributed by atoms with Crippen LogP contribution in [0.2, 0.25) is 0 Å². The molecule has 0 radical (unpaired) electrons. The third-order valence-corrected chi connectivity index (χ3v) is 2.85. The van der Waals surface area contributed by atoms with Gasteiger partial charge in [0.1, 0.15) is 5.82 Å². The molecule has 0 amide bonds. The molecule has 1 aromatic carbocycles. The zero-order valence-electron chi connectivity index (χ0n) is 9.74. The van der Waals surface area contributed by atoms with E-state index in [2.05, 4.69) is 26.0 Å². The first-order valence-electron chi connectivity index (χ1n) is 5.68. The molecular weight excluding hydrogens is 226 g/mol. The highest BCUT2D eigenvalue weighted by Crippen LogP contribution is 2.14. The highest BCUT2D eigenvalue weighted by atomic mass is 15.2. The van der Waals surface area contributed by atoms with Gasteiger partial charge in [-0.05, 0) is 23.8 Å². The maximum absolute atomic E-state index is 5.28. The van der Waals surface area contributed by atoms with Crippen LogP contribution in [-0.2, 0) is 6.54 Å². The number of pyridine rings is 1. The minimum Gasteiger partial charge on any atom is -0.326 e. The van der Waals surface area contributed by atoms with E-state index < -0.39 is 0 Å².